The number of hydrogen-bond donors (Lipinski definition) is 0. The Kier molecular flexibility index (Phi) is 7.92. The van der Waals surface area contributed by atoms with E-state index in [1.807, 2.05) is 0 Å². The molecule has 0 N–H and O–H groups in total. The standard InChI is InChI=1S/C14H27F3O/c1-5-6-7-8-9-10-11-18-12(13(2,3)4)14(15,16)17/h12H,5-11H2,1-4H3. The first-order chi connectivity index (χ1) is 8.19. The molecule has 0 radical (unpaired) electrons. The van der Waals surface area contributed by atoms with Gasteiger partial charge in [0, 0.05) is 6.61 Å². The Morgan fingerprint density at radius 2 is 1.39 bits per heavy atom. The van der Waals surface area contributed by atoms with Crippen LogP contribution in [0, 0.1) is 5.41 Å². The Hall–Kier alpha value is -0.250. The first kappa shape index (κ1) is 17.8. The molecule has 0 bridgehead atoms. The zero-order valence-corrected chi connectivity index (χ0v) is 12.1. The summed E-state index contributed by atoms with van der Waals surface area (Å²) in [4.78, 5) is 0. The van der Waals surface area contributed by atoms with E-state index >= 15 is 0 Å². The van der Waals surface area contributed by atoms with Crippen LogP contribution in [0.4, 0.5) is 13.2 Å². The van der Waals surface area contributed by atoms with Crippen LogP contribution in [-0.2, 0) is 4.74 Å². The zero-order valence-electron chi connectivity index (χ0n) is 12.1. The second-order valence-electron chi connectivity index (χ2n) is 5.93. The molecule has 1 atom stereocenters. The summed E-state index contributed by atoms with van der Waals surface area (Å²) in [6.07, 6.45) is 0.356. The van der Waals surface area contributed by atoms with E-state index in [2.05, 4.69) is 6.92 Å². The second-order valence-corrected chi connectivity index (χ2v) is 5.93. The third kappa shape index (κ3) is 7.96. The Bertz CT molecular complexity index is 192. The second kappa shape index (κ2) is 8.03. The van der Waals surface area contributed by atoms with Gasteiger partial charge in [-0.25, -0.2) is 0 Å². The number of alkyl halides is 3. The van der Waals surface area contributed by atoms with Crippen LogP contribution in [0.5, 0.6) is 0 Å². The van der Waals surface area contributed by atoms with Gasteiger partial charge >= 0.3 is 6.18 Å². The fourth-order valence-electron chi connectivity index (χ4n) is 1.92. The minimum absolute atomic E-state index is 0.202. The lowest BCUT2D eigenvalue weighted by Crippen LogP contribution is -2.42. The summed E-state index contributed by atoms with van der Waals surface area (Å²) in [6.45, 7) is 7.03. The molecule has 0 fully saturated rings. The molecule has 0 spiro atoms. The summed E-state index contributed by atoms with van der Waals surface area (Å²) in [6, 6.07) is 0. The highest BCUT2D eigenvalue weighted by Crippen LogP contribution is 2.35. The Labute approximate surface area is 109 Å². The SMILES string of the molecule is CCCCCCCCOC(C(C)(C)C)C(F)(F)F. The maximum Gasteiger partial charge on any atom is 0.415 e. The molecular formula is C14H27F3O. The van der Waals surface area contributed by atoms with Crippen LogP contribution >= 0.6 is 0 Å². The maximum absolute atomic E-state index is 12.8. The largest absolute Gasteiger partial charge is 0.415 e. The van der Waals surface area contributed by atoms with E-state index < -0.39 is 17.7 Å². The highest BCUT2D eigenvalue weighted by molar-refractivity contribution is 4.81. The predicted octanol–water partition coefficient (Wildman–Crippen LogP) is 5.34. The normalized spacial score (nSPS) is 14.8. The van der Waals surface area contributed by atoms with E-state index in [0.29, 0.717) is 6.42 Å². The van der Waals surface area contributed by atoms with E-state index in [0.717, 1.165) is 12.8 Å². The van der Waals surface area contributed by atoms with Crippen molar-refractivity contribution in [1.29, 1.82) is 0 Å². The van der Waals surface area contributed by atoms with Crippen molar-refractivity contribution in [3.05, 3.63) is 0 Å². The van der Waals surface area contributed by atoms with E-state index in [1.54, 1.807) is 20.8 Å². The molecule has 0 saturated carbocycles. The number of ether oxygens (including phenoxy) is 1. The molecule has 0 aliphatic heterocycles. The van der Waals surface area contributed by atoms with E-state index in [1.165, 1.54) is 19.3 Å². The fourth-order valence-corrected chi connectivity index (χ4v) is 1.92. The molecule has 0 aromatic rings. The monoisotopic (exact) mass is 268 g/mol. The quantitative estimate of drug-likeness (QED) is 0.540. The van der Waals surface area contributed by atoms with Crippen molar-refractivity contribution >= 4 is 0 Å². The average Bonchev–Trinajstić information content (AvgIpc) is 2.18. The van der Waals surface area contributed by atoms with Crippen LogP contribution in [0.15, 0.2) is 0 Å². The van der Waals surface area contributed by atoms with Crippen molar-refractivity contribution in [1.82, 2.24) is 0 Å². The van der Waals surface area contributed by atoms with Crippen LogP contribution in [-0.4, -0.2) is 18.9 Å². The van der Waals surface area contributed by atoms with Crippen LogP contribution in [0.3, 0.4) is 0 Å². The minimum Gasteiger partial charge on any atom is -0.368 e. The summed E-state index contributed by atoms with van der Waals surface area (Å²) in [5, 5.41) is 0. The maximum atomic E-state index is 12.8. The highest BCUT2D eigenvalue weighted by atomic mass is 19.4. The van der Waals surface area contributed by atoms with Gasteiger partial charge in [0.15, 0.2) is 6.10 Å². The number of unbranched alkanes of at least 4 members (excludes halogenated alkanes) is 5. The molecule has 110 valence electrons. The zero-order chi connectivity index (χ0) is 14.2. The molecule has 0 aliphatic carbocycles. The summed E-state index contributed by atoms with van der Waals surface area (Å²) >= 11 is 0. The highest BCUT2D eigenvalue weighted by Gasteiger charge is 2.47. The Balaban J connectivity index is 3.86. The molecule has 0 heterocycles. The van der Waals surface area contributed by atoms with Gasteiger partial charge in [-0.1, -0.05) is 59.8 Å². The first-order valence-electron chi connectivity index (χ1n) is 6.88. The lowest BCUT2D eigenvalue weighted by Gasteiger charge is -2.32. The number of halogens is 3. The van der Waals surface area contributed by atoms with Gasteiger partial charge in [-0.2, -0.15) is 13.2 Å². The number of rotatable bonds is 8. The van der Waals surface area contributed by atoms with E-state index in [-0.39, 0.29) is 6.61 Å². The van der Waals surface area contributed by atoms with E-state index in [9.17, 15) is 13.2 Å². The molecule has 0 aromatic heterocycles. The van der Waals surface area contributed by atoms with Gasteiger partial charge in [0.1, 0.15) is 0 Å². The van der Waals surface area contributed by atoms with Crippen LogP contribution < -0.4 is 0 Å². The average molecular weight is 268 g/mol. The molecule has 0 amide bonds. The molecule has 18 heavy (non-hydrogen) atoms. The Morgan fingerprint density at radius 3 is 1.83 bits per heavy atom. The van der Waals surface area contributed by atoms with Crippen LogP contribution in [0.2, 0.25) is 0 Å². The fraction of sp³-hybridized carbons (Fsp3) is 1.00. The summed E-state index contributed by atoms with van der Waals surface area (Å²) in [5.41, 5.74) is -0.902. The number of hydrogen-bond acceptors (Lipinski definition) is 1. The molecule has 0 rings (SSSR count). The van der Waals surface area contributed by atoms with Crippen molar-refractivity contribution in [2.75, 3.05) is 6.61 Å². The minimum atomic E-state index is -4.28. The third-order valence-corrected chi connectivity index (χ3v) is 2.87. The topological polar surface area (TPSA) is 9.23 Å². The van der Waals surface area contributed by atoms with Crippen molar-refractivity contribution in [3.8, 4) is 0 Å². The summed E-state index contributed by atoms with van der Waals surface area (Å²) in [7, 11) is 0. The van der Waals surface area contributed by atoms with Crippen LogP contribution in [0.1, 0.15) is 66.2 Å². The molecule has 1 nitrogen and oxygen atoms in total. The lowest BCUT2D eigenvalue weighted by atomic mass is 9.88. The molecular weight excluding hydrogens is 241 g/mol. The van der Waals surface area contributed by atoms with Gasteiger partial charge in [-0.15, -0.1) is 0 Å². The summed E-state index contributed by atoms with van der Waals surface area (Å²) < 4.78 is 43.4. The van der Waals surface area contributed by atoms with Crippen LogP contribution in [0.25, 0.3) is 0 Å². The molecule has 1 unspecified atom stereocenters. The van der Waals surface area contributed by atoms with Crippen molar-refractivity contribution < 1.29 is 17.9 Å². The summed E-state index contributed by atoms with van der Waals surface area (Å²) in [5.74, 6) is 0. The lowest BCUT2D eigenvalue weighted by molar-refractivity contribution is -0.248. The van der Waals surface area contributed by atoms with Gasteiger partial charge < -0.3 is 4.74 Å². The van der Waals surface area contributed by atoms with Crippen molar-refractivity contribution in [2.45, 2.75) is 78.5 Å². The molecule has 0 aliphatic rings. The smallest absolute Gasteiger partial charge is 0.368 e. The van der Waals surface area contributed by atoms with Crippen molar-refractivity contribution in [3.63, 3.8) is 0 Å². The van der Waals surface area contributed by atoms with Gasteiger partial charge in [0.05, 0.1) is 0 Å². The Morgan fingerprint density at radius 1 is 0.889 bits per heavy atom. The molecule has 0 saturated heterocycles. The molecule has 4 heteroatoms. The van der Waals surface area contributed by atoms with Gasteiger partial charge in [0.2, 0.25) is 0 Å². The van der Waals surface area contributed by atoms with Crippen molar-refractivity contribution in [2.24, 2.45) is 5.41 Å². The van der Waals surface area contributed by atoms with Gasteiger partial charge in [-0.3, -0.25) is 0 Å². The first-order valence-corrected chi connectivity index (χ1v) is 6.88. The predicted molar refractivity (Wildman–Crippen MR) is 68.6 cm³/mol. The molecule has 0 aromatic carbocycles. The van der Waals surface area contributed by atoms with E-state index in [4.69, 9.17) is 4.74 Å². The third-order valence-electron chi connectivity index (χ3n) is 2.87. The van der Waals surface area contributed by atoms with Gasteiger partial charge in [-0.05, 0) is 11.8 Å². The van der Waals surface area contributed by atoms with Gasteiger partial charge in [0.25, 0.3) is 0 Å².